The first-order chi connectivity index (χ1) is 16.4. The molecule has 1 heterocycles. The molecule has 3 aromatic carbocycles. The largest absolute Gasteiger partial charge is 0.455 e. The molecule has 0 radical (unpaired) electrons. The molecular weight excluding hydrogens is 430 g/mol. The average molecular weight is 460 g/mol. The molecule has 34 heavy (non-hydrogen) atoms. The van der Waals surface area contributed by atoms with Crippen molar-refractivity contribution >= 4 is 28.6 Å². The summed E-state index contributed by atoms with van der Waals surface area (Å²) in [5, 5.41) is 2.07. The Bertz CT molecular complexity index is 1170. The number of carbonyl (C=O) groups excluding carboxylic acids is 3. The van der Waals surface area contributed by atoms with Gasteiger partial charge in [-0.05, 0) is 34.2 Å². The van der Waals surface area contributed by atoms with Gasteiger partial charge in [-0.1, -0.05) is 86.6 Å². The molecule has 1 unspecified atom stereocenters. The quantitative estimate of drug-likeness (QED) is 0.340. The molecule has 0 aromatic heterocycles. The minimum Gasteiger partial charge on any atom is -0.455 e. The van der Waals surface area contributed by atoms with Crippen LogP contribution in [0.25, 0.3) is 10.8 Å². The van der Waals surface area contributed by atoms with Crippen molar-refractivity contribution in [3.05, 3.63) is 83.9 Å². The minimum atomic E-state index is -0.886. The van der Waals surface area contributed by atoms with E-state index in [-0.39, 0.29) is 31.7 Å². The second-order valence-corrected chi connectivity index (χ2v) is 9.01. The van der Waals surface area contributed by atoms with Gasteiger partial charge >= 0.3 is 12.1 Å². The molecular formula is C28H29NO5. The highest BCUT2D eigenvalue weighted by atomic mass is 16.6. The van der Waals surface area contributed by atoms with Crippen LogP contribution in [0.2, 0.25) is 0 Å². The van der Waals surface area contributed by atoms with E-state index in [1.807, 2.05) is 86.6 Å². The van der Waals surface area contributed by atoms with Crippen molar-refractivity contribution < 1.29 is 23.9 Å². The number of hydrogen-bond acceptors (Lipinski definition) is 5. The summed E-state index contributed by atoms with van der Waals surface area (Å²) >= 11 is 0. The van der Waals surface area contributed by atoms with Crippen LogP contribution in [0.1, 0.15) is 25.0 Å². The van der Waals surface area contributed by atoms with E-state index >= 15 is 0 Å². The number of amides is 1. The van der Waals surface area contributed by atoms with Crippen LogP contribution in [0.4, 0.5) is 4.79 Å². The molecule has 0 aliphatic carbocycles. The van der Waals surface area contributed by atoms with E-state index in [9.17, 15) is 14.4 Å². The normalized spacial score (nSPS) is 16.5. The summed E-state index contributed by atoms with van der Waals surface area (Å²) in [6.07, 6.45) is -0.137. The first-order valence-electron chi connectivity index (χ1n) is 11.6. The number of carbonyl (C=O) groups is 3. The molecule has 3 aromatic rings. The van der Waals surface area contributed by atoms with E-state index in [1.54, 1.807) is 4.90 Å². The molecule has 1 saturated heterocycles. The molecule has 0 bridgehead atoms. The molecule has 2 atom stereocenters. The van der Waals surface area contributed by atoms with Gasteiger partial charge in [-0.3, -0.25) is 4.79 Å². The number of fused-ring (bicyclic) bond motifs is 1. The third-order valence-corrected chi connectivity index (χ3v) is 6.33. The van der Waals surface area contributed by atoms with E-state index in [0.717, 1.165) is 21.9 Å². The maximum Gasteiger partial charge on any atom is 0.410 e. The van der Waals surface area contributed by atoms with Crippen LogP contribution in [0.15, 0.2) is 72.8 Å². The lowest BCUT2D eigenvalue weighted by molar-refractivity contribution is -0.156. The Morgan fingerprint density at radius 3 is 2.47 bits per heavy atom. The van der Waals surface area contributed by atoms with Crippen molar-refractivity contribution in [1.82, 2.24) is 4.90 Å². The van der Waals surface area contributed by atoms with Crippen LogP contribution in [-0.4, -0.2) is 41.9 Å². The predicted molar refractivity (Wildman–Crippen MR) is 129 cm³/mol. The monoisotopic (exact) mass is 459 g/mol. The number of ether oxygens (including phenoxy) is 2. The zero-order valence-electron chi connectivity index (χ0n) is 19.5. The Kier molecular flexibility index (Phi) is 7.26. The molecule has 1 aliphatic rings. The number of Topliss-reactive ketones (excluding diaryl/α,β-unsaturated/α-hetero) is 1. The Hall–Kier alpha value is -3.67. The van der Waals surface area contributed by atoms with E-state index in [1.165, 1.54) is 0 Å². The number of nitrogens with zero attached hydrogens (tertiary/aromatic N) is 1. The third-order valence-electron chi connectivity index (χ3n) is 6.33. The van der Waals surface area contributed by atoms with Gasteiger partial charge < -0.3 is 14.4 Å². The number of esters is 1. The van der Waals surface area contributed by atoms with E-state index in [2.05, 4.69) is 0 Å². The summed E-state index contributed by atoms with van der Waals surface area (Å²) in [4.78, 5) is 40.2. The standard InChI is InChI=1S/C28H29NO5/c1-19(2)25-18-34-28(32)29(25)16-23(15-22-13-8-12-21-11-6-7-14-24(21)22)26(30)27(31)33-17-20-9-4-3-5-10-20/h3-14,19,23,25H,15-18H2,1-2H3/t23-,25?/m0/s1. The fourth-order valence-electron chi connectivity index (χ4n) is 4.40. The van der Waals surface area contributed by atoms with Gasteiger partial charge in [0, 0.05) is 6.54 Å². The Balaban J connectivity index is 1.58. The first-order valence-corrected chi connectivity index (χ1v) is 11.6. The van der Waals surface area contributed by atoms with Gasteiger partial charge in [0.05, 0.1) is 12.0 Å². The fourth-order valence-corrected chi connectivity index (χ4v) is 4.40. The van der Waals surface area contributed by atoms with Gasteiger partial charge in [-0.2, -0.15) is 0 Å². The summed E-state index contributed by atoms with van der Waals surface area (Å²) in [7, 11) is 0. The zero-order valence-corrected chi connectivity index (χ0v) is 19.5. The van der Waals surface area contributed by atoms with E-state index in [4.69, 9.17) is 9.47 Å². The lowest BCUT2D eigenvalue weighted by atomic mass is 9.90. The van der Waals surface area contributed by atoms with Crippen molar-refractivity contribution in [1.29, 1.82) is 0 Å². The highest BCUT2D eigenvalue weighted by Crippen LogP contribution is 2.26. The van der Waals surface area contributed by atoms with Crippen molar-refractivity contribution in [3.8, 4) is 0 Å². The van der Waals surface area contributed by atoms with Gasteiger partial charge in [0.2, 0.25) is 5.78 Å². The van der Waals surface area contributed by atoms with Gasteiger partial charge in [-0.25, -0.2) is 9.59 Å². The molecule has 4 rings (SSSR count). The lowest BCUT2D eigenvalue weighted by Crippen LogP contribution is -2.44. The molecule has 0 spiro atoms. The van der Waals surface area contributed by atoms with Crippen molar-refractivity contribution in [3.63, 3.8) is 0 Å². The highest BCUT2D eigenvalue weighted by molar-refractivity contribution is 6.34. The predicted octanol–water partition coefficient (Wildman–Crippen LogP) is 4.79. The van der Waals surface area contributed by atoms with Crippen LogP contribution >= 0.6 is 0 Å². The molecule has 0 saturated carbocycles. The Morgan fingerprint density at radius 1 is 1.00 bits per heavy atom. The summed E-state index contributed by atoms with van der Waals surface area (Å²) in [5.74, 6) is -2.11. The molecule has 1 aliphatic heterocycles. The van der Waals surface area contributed by atoms with Crippen molar-refractivity contribution in [2.75, 3.05) is 13.2 Å². The summed E-state index contributed by atoms with van der Waals surface area (Å²) in [5.41, 5.74) is 1.75. The van der Waals surface area contributed by atoms with Gasteiger partial charge in [-0.15, -0.1) is 0 Å². The van der Waals surface area contributed by atoms with Crippen molar-refractivity contribution in [2.24, 2.45) is 11.8 Å². The molecule has 0 N–H and O–H groups in total. The highest BCUT2D eigenvalue weighted by Gasteiger charge is 2.39. The van der Waals surface area contributed by atoms with E-state index in [0.29, 0.717) is 6.42 Å². The SMILES string of the molecule is CC(C)C1COC(=O)N1C[C@H](Cc1cccc2ccccc12)C(=O)C(=O)OCc1ccccc1. The van der Waals surface area contributed by atoms with Crippen LogP contribution in [0, 0.1) is 11.8 Å². The smallest absolute Gasteiger partial charge is 0.410 e. The number of benzene rings is 3. The fraction of sp³-hybridized carbons (Fsp3) is 0.321. The second kappa shape index (κ2) is 10.5. The van der Waals surface area contributed by atoms with Crippen LogP contribution in [0.5, 0.6) is 0 Å². The topological polar surface area (TPSA) is 72.9 Å². The molecule has 6 heteroatoms. The summed E-state index contributed by atoms with van der Waals surface area (Å²) in [6.45, 7) is 4.42. The van der Waals surface area contributed by atoms with Crippen LogP contribution in [0.3, 0.4) is 0 Å². The third kappa shape index (κ3) is 5.28. The lowest BCUT2D eigenvalue weighted by Gasteiger charge is -2.28. The zero-order chi connectivity index (χ0) is 24.1. The number of rotatable bonds is 9. The van der Waals surface area contributed by atoms with E-state index < -0.39 is 23.8 Å². The summed E-state index contributed by atoms with van der Waals surface area (Å²) < 4.78 is 10.6. The summed E-state index contributed by atoms with van der Waals surface area (Å²) in [6, 6.07) is 22.9. The second-order valence-electron chi connectivity index (χ2n) is 9.01. The van der Waals surface area contributed by atoms with Gasteiger partial charge in [0.15, 0.2) is 0 Å². The van der Waals surface area contributed by atoms with Gasteiger partial charge in [0.1, 0.15) is 13.2 Å². The number of ketones is 1. The minimum absolute atomic E-state index is 0.0206. The number of cyclic esters (lactones) is 1. The van der Waals surface area contributed by atoms with Crippen molar-refractivity contribution in [2.45, 2.75) is 32.9 Å². The van der Waals surface area contributed by atoms with Crippen LogP contribution in [-0.2, 0) is 32.1 Å². The molecule has 1 amide bonds. The Morgan fingerprint density at radius 2 is 1.71 bits per heavy atom. The maximum atomic E-state index is 13.3. The molecule has 1 fully saturated rings. The molecule has 6 nitrogen and oxygen atoms in total. The molecule has 176 valence electrons. The average Bonchev–Trinajstić information content (AvgIpc) is 3.22. The maximum absolute atomic E-state index is 13.3. The van der Waals surface area contributed by atoms with Crippen LogP contribution < -0.4 is 0 Å². The first kappa shape index (κ1) is 23.5. The number of hydrogen-bond donors (Lipinski definition) is 0. The van der Waals surface area contributed by atoms with Gasteiger partial charge in [0.25, 0.3) is 0 Å². The Labute approximate surface area is 199 Å².